The van der Waals surface area contributed by atoms with Crippen molar-refractivity contribution in [3.63, 3.8) is 0 Å². The van der Waals surface area contributed by atoms with E-state index in [0.29, 0.717) is 26.6 Å². The highest BCUT2D eigenvalue weighted by atomic mass is 35.5. The molecule has 184 valence electrons. The maximum Gasteiger partial charge on any atom is 0.174 e. The maximum atomic E-state index is 10.6. The molecule has 5 rings (SSSR count). The molecule has 1 fully saturated rings. The van der Waals surface area contributed by atoms with Crippen molar-refractivity contribution in [2.24, 2.45) is 0 Å². The van der Waals surface area contributed by atoms with Gasteiger partial charge in [-0.25, -0.2) is 0 Å². The zero-order chi connectivity index (χ0) is 25.6. The number of aryl methyl sites for hydroxylation is 1. The Hall–Kier alpha value is -3.26. The highest BCUT2D eigenvalue weighted by molar-refractivity contribution is 7.80. The summed E-state index contributed by atoms with van der Waals surface area (Å²) in [4.78, 5) is 6.69. The number of rotatable bonds is 5. The molecule has 0 unspecified atom stereocenters. The Labute approximate surface area is 225 Å². The summed E-state index contributed by atoms with van der Waals surface area (Å²) in [5, 5.41) is 15.7. The molecule has 1 aliphatic rings. The van der Waals surface area contributed by atoms with Crippen LogP contribution < -0.4 is 15.0 Å². The first-order chi connectivity index (χ1) is 17.3. The van der Waals surface area contributed by atoms with E-state index < -0.39 is 0 Å². The average Bonchev–Trinajstić information content (AvgIpc) is 3.36. The number of ether oxygens (including phenoxy) is 1. The Morgan fingerprint density at radius 1 is 1.06 bits per heavy atom. The molecule has 0 spiro atoms. The third-order valence-electron chi connectivity index (χ3n) is 6.48. The number of phenols is 1. The largest absolute Gasteiger partial charge is 0.506 e. The van der Waals surface area contributed by atoms with Crippen molar-refractivity contribution in [2.45, 2.75) is 25.9 Å². The van der Waals surface area contributed by atoms with Crippen molar-refractivity contribution in [3.8, 4) is 17.2 Å². The number of phenolic OH excluding ortho intramolecular Hbond substituents is 1. The molecular formula is C27H24Cl2N4O2S. The second-order valence-electron chi connectivity index (χ2n) is 8.61. The number of pyridine rings is 1. The van der Waals surface area contributed by atoms with E-state index in [1.165, 1.54) is 0 Å². The van der Waals surface area contributed by atoms with Gasteiger partial charge < -0.3 is 24.6 Å². The molecule has 2 N–H and O–H groups in total. The molecule has 2 atom stereocenters. The van der Waals surface area contributed by atoms with Crippen molar-refractivity contribution < 1.29 is 9.84 Å². The van der Waals surface area contributed by atoms with Crippen LogP contribution in [-0.2, 0) is 0 Å². The number of hydrogen-bond donors (Lipinski definition) is 2. The molecular weight excluding hydrogens is 515 g/mol. The molecule has 0 saturated carbocycles. The van der Waals surface area contributed by atoms with Gasteiger partial charge in [0.05, 0.1) is 35.6 Å². The van der Waals surface area contributed by atoms with Crippen molar-refractivity contribution in [3.05, 3.63) is 99.6 Å². The number of nitrogens with one attached hydrogen (secondary N) is 1. The number of halogens is 2. The monoisotopic (exact) mass is 538 g/mol. The summed E-state index contributed by atoms with van der Waals surface area (Å²) in [6.45, 7) is 4.03. The lowest BCUT2D eigenvalue weighted by Crippen LogP contribution is -2.29. The lowest BCUT2D eigenvalue weighted by Gasteiger charge is -2.28. The summed E-state index contributed by atoms with van der Waals surface area (Å²) in [5.74, 6) is 0.735. The minimum Gasteiger partial charge on any atom is -0.506 e. The minimum absolute atomic E-state index is 0.146. The Balaban J connectivity index is 1.70. The van der Waals surface area contributed by atoms with Crippen molar-refractivity contribution in [1.82, 2.24) is 14.9 Å². The summed E-state index contributed by atoms with van der Waals surface area (Å²) < 4.78 is 7.36. The van der Waals surface area contributed by atoms with Crippen LogP contribution in [0.5, 0.6) is 11.5 Å². The van der Waals surface area contributed by atoms with E-state index in [0.717, 1.165) is 28.3 Å². The van der Waals surface area contributed by atoms with Crippen LogP contribution in [-0.4, -0.2) is 26.9 Å². The molecule has 0 radical (unpaired) electrons. The zero-order valence-corrected chi connectivity index (χ0v) is 22.2. The van der Waals surface area contributed by atoms with Crippen LogP contribution in [0.25, 0.3) is 5.69 Å². The Morgan fingerprint density at radius 3 is 2.56 bits per heavy atom. The summed E-state index contributed by atoms with van der Waals surface area (Å²) in [7, 11) is 1.59. The van der Waals surface area contributed by atoms with Gasteiger partial charge in [0.25, 0.3) is 0 Å². The van der Waals surface area contributed by atoms with Crippen LogP contribution in [0.3, 0.4) is 0 Å². The first-order valence-electron chi connectivity index (χ1n) is 11.3. The smallest absolute Gasteiger partial charge is 0.174 e. The predicted molar refractivity (Wildman–Crippen MR) is 148 cm³/mol. The molecule has 1 saturated heterocycles. The van der Waals surface area contributed by atoms with E-state index in [4.69, 9.17) is 40.2 Å². The van der Waals surface area contributed by atoms with E-state index in [2.05, 4.69) is 21.3 Å². The van der Waals surface area contributed by atoms with Crippen LogP contribution in [0.1, 0.15) is 34.7 Å². The quantitative estimate of drug-likeness (QED) is 0.276. The van der Waals surface area contributed by atoms with Crippen LogP contribution in [0.4, 0.5) is 5.69 Å². The van der Waals surface area contributed by atoms with Crippen molar-refractivity contribution >= 4 is 46.2 Å². The summed E-state index contributed by atoms with van der Waals surface area (Å²) >= 11 is 18.6. The molecule has 4 aromatic rings. The van der Waals surface area contributed by atoms with Gasteiger partial charge in [0, 0.05) is 28.3 Å². The summed E-state index contributed by atoms with van der Waals surface area (Å²) in [6, 6.07) is 18.1. The third-order valence-corrected chi connectivity index (χ3v) is 7.32. The molecule has 0 aliphatic carbocycles. The Bertz CT molecular complexity index is 1460. The van der Waals surface area contributed by atoms with Crippen molar-refractivity contribution in [1.29, 1.82) is 0 Å². The van der Waals surface area contributed by atoms with Gasteiger partial charge in [-0.3, -0.25) is 4.98 Å². The fraction of sp³-hybridized carbons (Fsp3) is 0.185. The topological polar surface area (TPSA) is 62.5 Å². The molecule has 0 amide bonds. The Kier molecular flexibility index (Phi) is 6.55. The molecule has 6 nitrogen and oxygen atoms in total. The predicted octanol–water partition coefficient (Wildman–Crippen LogP) is 6.69. The van der Waals surface area contributed by atoms with E-state index in [-0.39, 0.29) is 17.8 Å². The number of thiocarbonyl (C=S) groups is 1. The zero-order valence-electron chi connectivity index (χ0n) is 19.9. The normalized spacial score (nSPS) is 17.4. The Morgan fingerprint density at radius 2 is 1.86 bits per heavy atom. The fourth-order valence-electron chi connectivity index (χ4n) is 4.89. The van der Waals surface area contributed by atoms with Gasteiger partial charge in [-0.1, -0.05) is 29.3 Å². The average molecular weight is 539 g/mol. The van der Waals surface area contributed by atoms with Gasteiger partial charge in [-0.2, -0.15) is 0 Å². The van der Waals surface area contributed by atoms with Gasteiger partial charge in [-0.15, -0.1) is 0 Å². The number of anilines is 1. The second-order valence-corrected chi connectivity index (χ2v) is 9.84. The third kappa shape index (κ3) is 4.17. The standard InChI is InChI=1S/C27H24Cl2N4O2S/c1-15-12-19(16(2)32(15)22-13-17(28)7-9-23(22)34)26-25(21-6-4-5-11-30-21)31-27(36)33(26)18-8-10-24(35-3)20(29)14-18/h4-14,25-26,34H,1-3H3,(H,31,36)/t25-,26-/m0/s1. The summed E-state index contributed by atoms with van der Waals surface area (Å²) in [6.07, 6.45) is 1.78. The molecule has 3 heterocycles. The van der Waals surface area contributed by atoms with E-state index >= 15 is 0 Å². The van der Waals surface area contributed by atoms with E-state index in [1.54, 1.807) is 31.5 Å². The molecule has 1 aliphatic heterocycles. The number of aromatic hydroxyl groups is 1. The molecule has 2 aromatic carbocycles. The van der Waals surface area contributed by atoms with Gasteiger partial charge in [-0.05, 0) is 86.2 Å². The number of hydrogen-bond acceptors (Lipinski definition) is 4. The first-order valence-corrected chi connectivity index (χ1v) is 12.5. The number of benzene rings is 2. The minimum atomic E-state index is -0.238. The van der Waals surface area contributed by atoms with E-state index in [9.17, 15) is 5.11 Å². The first kappa shape index (κ1) is 24.4. The SMILES string of the molecule is COc1ccc(N2C(=S)N[C@@H](c3ccccn3)[C@@H]2c2cc(C)n(-c3cc(Cl)ccc3O)c2C)cc1Cl. The molecule has 36 heavy (non-hydrogen) atoms. The molecule has 2 aromatic heterocycles. The fourth-order valence-corrected chi connectivity index (χ4v) is 5.65. The maximum absolute atomic E-state index is 10.6. The van der Waals surface area contributed by atoms with Crippen LogP contribution in [0, 0.1) is 13.8 Å². The van der Waals surface area contributed by atoms with Gasteiger partial charge in [0.2, 0.25) is 0 Å². The molecule has 0 bridgehead atoms. The highest BCUT2D eigenvalue weighted by Crippen LogP contribution is 2.45. The van der Waals surface area contributed by atoms with Gasteiger partial charge >= 0.3 is 0 Å². The number of nitrogens with zero attached hydrogens (tertiary/aromatic N) is 3. The van der Waals surface area contributed by atoms with Crippen LogP contribution in [0.2, 0.25) is 10.0 Å². The highest BCUT2D eigenvalue weighted by Gasteiger charge is 2.42. The van der Waals surface area contributed by atoms with Gasteiger partial charge in [0.1, 0.15) is 11.5 Å². The second kappa shape index (κ2) is 9.65. The van der Waals surface area contributed by atoms with Crippen molar-refractivity contribution in [2.75, 3.05) is 12.0 Å². The number of aromatic nitrogens is 2. The van der Waals surface area contributed by atoms with Gasteiger partial charge in [0.15, 0.2) is 5.11 Å². The number of methoxy groups -OCH3 is 1. The van der Waals surface area contributed by atoms with E-state index in [1.807, 2.05) is 54.8 Å². The summed E-state index contributed by atoms with van der Waals surface area (Å²) in [5.41, 5.74) is 5.24. The van der Waals surface area contributed by atoms with Crippen LogP contribution >= 0.6 is 35.4 Å². The molecule has 9 heteroatoms. The van der Waals surface area contributed by atoms with Crippen LogP contribution in [0.15, 0.2) is 66.9 Å². The lowest BCUT2D eigenvalue weighted by molar-refractivity contribution is 0.415. The lowest BCUT2D eigenvalue weighted by atomic mass is 9.96.